The van der Waals surface area contributed by atoms with Gasteiger partial charge in [0.25, 0.3) is 10.0 Å². The van der Waals surface area contributed by atoms with Crippen molar-refractivity contribution in [1.29, 1.82) is 0 Å². The van der Waals surface area contributed by atoms with Crippen molar-refractivity contribution in [2.24, 2.45) is 4.99 Å². The smallest absolute Gasteiger partial charge is 0.252 e. The number of rotatable bonds is 11. The number of aliphatic imine (C=N–C) groups is 1. The second-order valence-corrected chi connectivity index (χ2v) is 9.23. The van der Waals surface area contributed by atoms with Crippen molar-refractivity contribution in [2.75, 3.05) is 40.9 Å². The Morgan fingerprint density at radius 3 is 2.60 bits per heavy atom. The highest BCUT2D eigenvalue weighted by molar-refractivity contribution is 7.91. The quantitative estimate of drug-likeness (QED) is 0.342. The zero-order chi connectivity index (χ0) is 18.7. The predicted octanol–water partition coefficient (Wildman–Crippen LogP) is 1.87. The highest BCUT2D eigenvalue weighted by Crippen LogP contribution is 2.23. The summed E-state index contributed by atoms with van der Waals surface area (Å²) in [6.45, 7) is 5.00. The molecule has 0 aliphatic rings. The topological polar surface area (TPSA) is 83.0 Å². The summed E-state index contributed by atoms with van der Waals surface area (Å²) in [5.74, 6) is 0.693. The third kappa shape index (κ3) is 7.72. The zero-order valence-corrected chi connectivity index (χ0v) is 17.2. The van der Waals surface area contributed by atoms with Gasteiger partial charge in [0.15, 0.2) is 5.96 Å². The van der Waals surface area contributed by atoms with Gasteiger partial charge in [-0.2, -0.15) is 0 Å². The third-order valence-electron chi connectivity index (χ3n) is 3.43. The highest BCUT2D eigenvalue weighted by Gasteiger charge is 2.19. The van der Waals surface area contributed by atoms with Crippen LogP contribution in [0.25, 0.3) is 0 Å². The van der Waals surface area contributed by atoms with Crippen LogP contribution in [0.3, 0.4) is 0 Å². The molecule has 25 heavy (non-hydrogen) atoms. The molecule has 0 radical (unpaired) electrons. The molecule has 0 aromatic carbocycles. The predicted molar refractivity (Wildman–Crippen MR) is 104 cm³/mol. The minimum Gasteiger partial charge on any atom is -0.381 e. The third-order valence-corrected chi connectivity index (χ3v) is 6.79. The first-order chi connectivity index (χ1) is 11.9. The standard InChI is InChI=1S/C16H30N4O3S2/c1-5-6-11-23-12-7-10-18-16(17-2)19-13-14-8-9-15(24-14)25(21,22)20(3)4/h8-9H,5-7,10-13H2,1-4H3,(H2,17,18,19). The fraction of sp³-hybridized carbons (Fsp3) is 0.688. The number of guanidine groups is 1. The molecule has 0 unspecified atom stereocenters. The summed E-state index contributed by atoms with van der Waals surface area (Å²) in [5, 5.41) is 6.41. The van der Waals surface area contributed by atoms with Crippen LogP contribution in [0.2, 0.25) is 0 Å². The maximum Gasteiger partial charge on any atom is 0.252 e. The lowest BCUT2D eigenvalue weighted by Gasteiger charge is -2.11. The van der Waals surface area contributed by atoms with Crippen molar-refractivity contribution in [1.82, 2.24) is 14.9 Å². The SMILES string of the molecule is CCCCOCCCNC(=NC)NCc1ccc(S(=O)(=O)N(C)C)s1. The number of ether oxygens (including phenoxy) is 1. The van der Waals surface area contributed by atoms with E-state index in [1.807, 2.05) is 6.07 Å². The summed E-state index contributed by atoms with van der Waals surface area (Å²) in [7, 11) is 1.41. The Hall–Kier alpha value is -1.16. The summed E-state index contributed by atoms with van der Waals surface area (Å²) in [6.07, 6.45) is 3.16. The van der Waals surface area contributed by atoms with Crippen LogP contribution in [-0.4, -0.2) is 59.6 Å². The number of nitrogens with one attached hydrogen (secondary N) is 2. The molecule has 9 heteroatoms. The van der Waals surface area contributed by atoms with Gasteiger partial charge in [-0.05, 0) is 25.0 Å². The molecule has 144 valence electrons. The first-order valence-corrected chi connectivity index (χ1v) is 10.7. The number of unbranched alkanes of at least 4 members (excludes halogenated alkanes) is 1. The molecule has 0 bridgehead atoms. The fourth-order valence-corrected chi connectivity index (χ4v) is 4.36. The molecule has 1 aromatic rings. The molecule has 0 saturated carbocycles. The van der Waals surface area contributed by atoms with Crippen LogP contribution in [-0.2, 0) is 21.3 Å². The largest absolute Gasteiger partial charge is 0.381 e. The van der Waals surface area contributed by atoms with Gasteiger partial charge < -0.3 is 15.4 Å². The lowest BCUT2D eigenvalue weighted by molar-refractivity contribution is 0.129. The molecule has 1 rings (SSSR count). The van der Waals surface area contributed by atoms with E-state index in [9.17, 15) is 8.42 Å². The van der Waals surface area contributed by atoms with E-state index in [0.717, 1.165) is 43.9 Å². The molecule has 0 amide bonds. The summed E-state index contributed by atoms with van der Waals surface area (Å²) in [4.78, 5) is 5.10. The molecule has 0 atom stereocenters. The number of thiophene rings is 1. The summed E-state index contributed by atoms with van der Waals surface area (Å²) in [5.41, 5.74) is 0. The van der Waals surface area contributed by atoms with Gasteiger partial charge in [0.1, 0.15) is 4.21 Å². The Morgan fingerprint density at radius 2 is 1.96 bits per heavy atom. The minimum absolute atomic E-state index is 0.349. The molecule has 7 nitrogen and oxygen atoms in total. The molecule has 2 N–H and O–H groups in total. The van der Waals surface area contributed by atoms with Crippen molar-refractivity contribution < 1.29 is 13.2 Å². The van der Waals surface area contributed by atoms with Crippen LogP contribution in [0.1, 0.15) is 31.1 Å². The zero-order valence-electron chi connectivity index (χ0n) is 15.5. The Labute approximate surface area is 155 Å². The Morgan fingerprint density at radius 1 is 1.24 bits per heavy atom. The first kappa shape index (κ1) is 21.9. The molecule has 0 spiro atoms. The molecule has 1 aromatic heterocycles. The maximum atomic E-state index is 12.1. The second-order valence-electron chi connectivity index (χ2n) is 5.68. The molecule has 0 saturated heterocycles. The van der Waals surface area contributed by atoms with Crippen LogP contribution in [0.5, 0.6) is 0 Å². The van der Waals surface area contributed by atoms with E-state index in [2.05, 4.69) is 22.5 Å². The van der Waals surface area contributed by atoms with Gasteiger partial charge in [-0.25, -0.2) is 12.7 Å². The average Bonchev–Trinajstić information content (AvgIpc) is 3.06. The van der Waals surface area contributed by atoms with Gasteiger partial charge in [0, 0.05) is 45.8 Å². The Balaban J connectivity index is 2.35. The molecular weight excluding hydrogens is 360 g/mol. The van der Waals surface area contributed by atoms with E-state index >= 15 is 0 Å². The molecular formula is C16H30N4O3S2. The average molecular weight is 391 g/mol. The van der Waals surface area contributed by atoms with E-state index in [4.69, 9.17) is 4.74 Å². The Kier molecular flexibility index (Phi) is 10.0. The van der Waals surface area contributed by atoms with Crippen molar-refractivity contribution in [3.8, 4) is 0 Å². The number of sulfonamides is 1. The minimum atomic E-state index is -3.36. The highest BCUT2D eigenvalue weighted by atomic mass is 32.2. The van der Waals surface area contributed by atoms with Crippen LogP contribution in [0.4, 0.5) is 0 Å². The van der Waals surface area contributed by atoms with Gasteiger partial charge >= 0.3 is 0 Å². The monoisotopic (exact) mass is 390 g/mol. The van der Waals surface area contributed by atoms with E-state index in [1.165, 1.54) is 29.7 Å². The first-order valence-electron chi connectivity index (χ1n) is 8.45. The van der Waals surface area contributed by atoms with Crippen molar-refractivity contribution in [3.63, 3.8) is 0 Å². The fourth-order valence-electron chi connectivity index (χ4n) is 1.89. The lowest BCUT2D eigenvalue weighted by atomic mass is 10.4. The van der Waals surface area contributed by atoms with E-state index < -0.39 is 10.0 Å². The Bertz CT molecular complexity index is 627. The number of hydrogen-bond donors (Lipinski definition) is 2. The summed E-state index contributed by atoms with van der Waals surface area (Å²) < 4.78 is 31.2. The van der Waals surface area contributed by atoms with Gasteiger partial charge in [-0.15, -0.1) is 11.3 Å². The summed E-state index contributed by atoms with van der Waals surface area (Å²) >= 11 is 1.27. The van der Waals surface area contributed by atoms with E-state index in [0.29, 0.717) is 16.7 Å². The van der Waals surface area contributed by atoms with Gasteiger partial charge in [-0.1, -0.05) is 13.3 Å². The van der Waals surface area contributed by atoms with Gasteiger partial charge in [-0.3, -0.25) is 4.99 Å². The van der Waals surface area contributed by atoms with Crippen LogP contribution in [0, 0.1) is 0 Å². The van der Waals surface area contributed by atoms with Crippen molar-refractivity contribution in [3.05, 3.63) is 17.0 Å². The number of nitrogens with zero attached hydrogens (tertiary/aromatic N) is 2. The van der Waals surface area contributed by atoms with Gasteiger partial charge in [0.2, 0.25) is 0 Å². The summed E-state index contributed by atoms with van der Waals surface area (Å²) in [6, 6.07) is 3.46. The molecule has 1 heterocycles. The maximum absolute atomic E-state index is 12.1. The lowest BCUT2D eigenvalue weighted by Crippen LogP contribution is -2.37. The van der Waals surface area contributed by atoms with Crippen LogP contribution in [0.15, 0.2) is 21.3 Å². The van der Waals surface area contributed by atoms with Gasteiger partial charge in [0.05, 0.1) is 6.54 Å². The van der Waals surface area contributed by atoms with E-state index in [-0.39, 0.29) is 0 Å². The molecule has 0 aliphatic carbocycles. The molecule has 0 aliphatic heterocycles. The van der Waals surface area contributed by atoms with Crippen LogP contribution >= 0.6 is 11.3 Å². The van der Waals surface area contributed by atoms with Crippen molar-refractivity contribution >= 4 is 27.3 Å². The normalized spacial score (nSPS) is 12.6. The van der Waals surface area contributed by atoms with Crippen LogP contribution < -0.4 is 10.6 Å². The van der Waals surface area contributed by atoms with E-state index in [1.54, 1.807) is 13.1 Å². The van der Waals surface area contributed by atoms with Crippen molar-refractivity contribution in [2.45, 2.75) is 36.9 Å². The second kappa shape index (κ2) is 11.5. The molecule has 0 fully saturated rings. The number of hydrogen-bond acceptors (Lipinski definition) is 5.